The molecule has 140 valence electrons. The third-order valence-corrected chi connectivity index (χ3v) is 4.60. The normalized spacial score (nSPS) is 11.7. The molecule has 0 fully saturated rings. The Morgan fingerprint density at radius 3 is 2.58 bits per heavy atom. The van der Waals surface area contributed by atoms with Gasteiger partial charge in [0.15, 0.2) is 18.0 Å². The molecule has 0 saturated carbocycles. The fourth-order valence-corrected chi connectivity index (χ4v) is 2.89. The van der Waals surface area contributed by atoms with Crippen molar-refractivity contribution in [2.24, 2.45) is 0 Å². The minimum atomic E-state index is -0.0516. The fraction of sp³-hybridized carbons (Fsp3) is 0.316. The Labute approximate surface area is 163 Å². The summed E-state index contributed by atoms with van der Waals surface area (Å²) in [5, 5.41) is 3.91. The lowest BCUT2D eigenvalue weighted by Crippen LogP contribution is -3.08. The van der Waals surface area contributed by atoms with E-state index in [0.717, 1.165) is 10.5 Å². The maximum Gasteiger partial charge on any atom is 0.275 e. The number of nitrogens with one attached hydrogen (secondary N) is 2. The highest BCUT2D eigenvalue weighted by atomic mass is 35.5. The minimum Gasteiger partial charge on any atom is -0.493 e. The first-order valence-corrected chi connectivity index (χ1v) is 9.03. The molecule has 2 aromatic rings. The summed E-state index contributed by atoms with van der Waals surface area (Å²) in [6.07, 6.45) is 0. The van der Waals surface area contributed by atoms with Gasteiger partial charge in [0.05, 0.1) is 30.7 Å². The van der Waals surface area contributed by atoms with Crippen LogP contribution in [-0.4, -0.2) is 39.8 Å². The van der Waals surface area contributed by atoms with Crippen LogP contribution >= 0.6 is 23.2 Å². The molecule has 0 aromatic heterocycles. The summed E-state index contributed by atoms with van der Waals surface area (Å²) in [4.78, 5) is 13.1. The number of likely N-dealkylation sites (N-methyl/N-ethyl adjacent to an activating group) is 1. The largest absolute Gasteiger partial charge is 0.493 e. The summed E-state index contributed by atoms with van der Waals surface area (Å²) in [6.45, 7) is 1.73. The zero-order chi connectivity index (χ0) is 18.9. The maximum absolute atomic E-state index is 12.1. The van der Waals surface area contributed by atoms with Crippen molar-refractivity contribution in [3.63, 3.8) is 0 Å². The van der Waals surface area contributed by atoms with Crippen molar-refractivity contribution in [3.05, 3.63) is 58.1 Å². The van der Waals surface area contributed by atoms with Gasteiger partial charge in [-0.2, -0.15) is 0 Å². The lowest BCUT2D eigenvalue weighted by atomic mass is 10.2. The van der Waals surface area contributed by atoms with E-state index in [2.05, 4.69) is 5.32 Å². The zero-order valence-electron chi connectivity index (χ0n) is 14.9. The van der Waals surface area contributed by atoms with E-state index >= 15 is 0 Å². The Hall–Kier alpha value is -1.95. The topological polar surface area (TPSA) is 52.0 Å². The summed E-state index contributed by atoms with van der Waals surface area (Å²) in [7, 11) is 3.52. The van der Waals surface area contributed by atoms with Crippen molar-refractivity contribution in [2.75, 3.05) is 33.9 Å². The SMILES string of the molecule is COc1ccccc1OCCNC(=O)C[NH+](C)Cc1cccc(Cl)c1Cl. The second kappa shape index (κ2) is 10.3. The third-order valence-electron chi connectivity index (χ3n) is 3.74. The van der Waals surface area contributed by atoms with Crippen LogP contribution in [0.5, 0.6) is 11.5 Å². The van der Waals surface area contributed by atoms with Crippen molar-refractivity contribution >= 4 is 29.1 Å². The number of benzene rings is 2. The Kier molecular flexibility index (Phi) is 8.04. The van der Waals surface area contributed by atoms with Crippen LogP contribution in [0.4, 0.5) is 0 Å². The second-order valence-electron chi connectivity index (χ2n) is 5.87. The van der Waals surface area contributed by atoms with Crippen LogP contribution in [0.15, 0.2) is 42.5 Å². The third kappa shape index (κ3) is 6.09. The Morgan fingerprint density at radius 2 is 1.85 bits per heavy atom. The van der Waals surface area contributed by atoms with Gasteiger partial charge in [0.1, 0.15) is 13.2 Å². The van der Waals surface area contributed by atoms with Gasteiger partial charge < -0.3 is 19.7 Å². The average molecular weight is 398 g/mol. The van der Waals surface area contributed by atoms with Gasteiger partial charge in [0.25, 0.3) is 5.91 Å². The van der Waals surface area contributed by atoms with E-state index in [0.29, 0.717) is 47.8 Å². The summed E-state index contributed by atoms with van der Waals surface area (Å²) >= 11 is 12.2. The molecule has 0 aliphatic heterocycles. The van der Waals surface area contributed by atoms with Gasteiger partial charge in [-0.25, -0.2) is 0 Å². The van der Waals surface area contributed by atoms with Crippen LogP contribution in [0.3, 0.4) is 0 Å². The molecule has 1 unspecified atom stereocenters. The lowest BCUT2D eigenvalue weighted by molar-refractivity contribution is -0.885. The molecule has 2 rings (SSSR count). The van der Waals surface area contributed by atoms with Crippen LogP contribution in [-0.2, 0) is 11.3 Å². The number of hydrogen-bond donors (Lipinski definition) is 2. The highest BCUT2D eigenvalue weighted by molar-refractivity contribution is 6.42. The summed E-state index contributed by atoms with van der Waals surface area (Å²) in [5.74, 6) is 1.27. The van der Waals surface area contributed by atoms with Gasteiger partial charge in [-0.05, 0) is 18.2 Å². The molecular weight excluding hydrogens is 375 g/mol. The van der Waals surface area contributed by atoms with E-state index in [1.165, 1.54) is 0 Å². The summed E-state index contributed by atoms with van der Waals surface area (Å²) < 4.78 is 10.8. The molecule has 26 heavy (non-hydrogen) atoms. The molecule has 0 aliphatic carbocycles. The van der Waals surface area contributed by atoms with Crippen molar-refractivity contribution < 1.29 is 19.2 Å². The smallest absolute Gasteiger partial charge is 0.275 e. The van der Waals surface area contributed by atoms with Crippen molar-refractivity contribution in [2.45, 2.75) is 6.54 Å². The summed E-state index contributed by atoms with van der Waals surface area (Å²) in [5.41, 5.74) is 0.920. The molecule has 0 heterocycles. The molecule has 0 bridgehead atoms. The molecule has 0 aliphatic rings. The highest BCUT2D eigenvalue weighted by Gasteiger charge is 2.13. The van der Waals surface area contributed by atoms with Gasteiger partial charge in [-0.1, -0.05) is 47.5 Å². The fourth-order valence-electron chi connectivity index (χ4n) is 2.50. The number of quaternary nitrogens is 1. The standard InChI is InChI=1S/C19H22Cl2N2O3/c1-23(12-14-6-5-7-15(20)19(14)21)13-18(24)22-10-11-26-17-9-4-3-8-16(17)25-2/h3-9H,10-13H2,1-2H3,(H,22,24)/p+1. The number of carbonyl (C=O) groups is 1. The van der Waals surface area contributed by atoms with E-state index in [1.54, 1.807) is 13.2 Å². The van der Waals surface area contributed by atoms with E-state index in [1.807, 2.05) is 43.4 Å². The van der Waals surface area contributed by atoms with Crippen LogP contribution in [0, 0.1) is 0 Å². The molecule has 1 amide bonds. The molecular formula is C19H23Cl2N2O3+. The number of carbonyl (C=O) groups excluding carboxylic acids is 1. The lowest BCUT2D eigenvalue weighted by Gasteiger charge is -2.15. The molecule has 2 N–H and O–H groups in total. The Balaban J connectivity index is 1.72. The number of amides is 1. The first-order chi connectivity index (χ1) is 12.5. The Bertz CT molecular complexity index is 740. The van der Waals surface area contributed by atoms with E-state index < -0.39 is 0 Å². The van der Waals surface area contributed by atoms with Crippen molar-refractivity contribution in [1.29, 1.82) is 0 Å². The maximum atomic E-state index is 12.1. The molecule has 0 spiro atoms. The van der Waals surface area contributed by atoms with Gasteiger partial charge >= 0.3 is 0 Å². The molecule has 1 atom stereocenters. The van der Waals surface area contributed by atoms with Gasteiger partial charge in [0, 0.05) is 5.56 Å². The summed E-state index contributed by atoms with van der Waals surface area (Å²) in [6, 6.07) is 12.9. The van der Waals surface area contributed by atoms with Crippen molar-refractivity contribution in [1.82, 2.24) is 5.32 Å². The van der Waals surface area contributed by atoms with E-state index in [4.69, 9.17) is 32.7 Å². The molecule has 5 nitrogen and oxygen atoms in total. The van der Waals surface area contributed by atoms with E-state index in [9.17, 15) is 4.79 Å². The molecule has 2 aromatic carbocycles. The van der Waals surface area contributed by atoms with Gasteiger partial charge in [0.2, 0.25) is 0 Å². The minimum absolute atomic E-state index is 0.0516. The van der Waals surface area contributed by atoms with Crippen LogP contribution < -0.4 is 19.7 Å². The van der Waals surface area contributed by atoms with Gasteiger partial charge in [-0.3, -0.25) is 4.79 Å². The quantitative estimate of drug-likeness (QED) is 0.637. The van der Waals surface area contributed by atoms with E-state index in [-0.39, 0.29) is 5.91 Å². The predicted molar refractivity (Wildman–Crippen MR) is 103 cm³/mol. The van der Waals surface area contributed by atoms with Crippen LogP contribution in [0.2, 0.25) is 10.0 Å². The second-order valence-corrected chi connectivity index (χ2v) is 6.66. The predicted octanol–water partition coefficient (Wildman–Crippen LogP) is 2.21. The first kappa shape index (κ1) is 20.4. The Morgan fingerprint density at radius 1 is 1.12 bits per heavy atom. The van der Waals surface area contributed by atoms with Crippen molar-refractivity contribution in [3.8, 4) is 11.5 Å². The number of para-hydroxylation sites is 2. The monoisotopic (exact) mass is 397 g/mol. The number of halogens is 2. The number of rotatable bonds is 9. The number of hydrogen-bond acceptors (Lipinski definition) is 3. The van der Waals surface area contributed by atoms with Crippen LogP contribution in [0.25, 0.3) is 0 Å². The van der Waals surface area contributed by atoms with Crippen LogP contribution in [0.1, 0.15) is 5.56 Å². The molecule has 7 heteroatoms. The number of methoxy groups -OCH3 is 1. The average Bonchev–Trinajstić information content (AvgIpc) is 2.63. The first-order valence-electron chi connectivity index (χ1n) is 8.28. The number of ether oxygens (including phenoxy) is 2. The molecule has 0 saturated heterocycles. The highest BCUT2D eigenvalue weighted by Crippen LogP contribution is 2.25. The zero-order valence-corrected chi connectivity index (χ0v) is 16.4. The van der Waals surface area contributed by atoms with Gasteiger partial charge in [-0.15, -0.1) is 0 Å². The molecule has 0 radical (unpaired) electrons.